The lowest BCUT2D eigenvalue weighted by molar-refractivity contribution is 0.405. The lowest BCUT2D eigenvalue weighted by Crippen LogP contribution is -1.89. The molecule has 0 saturated carbocycles. The van der Waals surface area contributed by atoms with Crippen molar-refractivity contribution >= 4 is 22.5 Å². The maximum Gasteiger partial charge on any atom is 0.133 e. The minimum Gasteiger partial charge on any atom is -0.496 e. The van der Waals surface area contributed by atoms with Gasteiger partial charge in [0.2, 0.25) is 0 Å². The Morgan fingerprint density at radius 3 is 2.21 bits per heavy atom. The highest BCUT2D eigenvalue weighted by Gasteiger charge is 2.05. The van der Waals surface area contributed by atoms with Crippen molar-refractivity contribution in [1.82, 2.24) is 0 Å². The van der Waals surface area contributed by atoms with Gasteiger partial charge in [-0.2, -0.15) is 0 Å². The Morgan fingerprint density at radius 2 is 1.54 bits per heavy atom. The van der Waals surface area contributed by atoms with E-state index in [-0.39, 0.29) is 0 Å². The number of hydrogen-bond donors (Lipinski definition) is 0. The van der Waals surface area contributed by atoms with E-state index in [1.807, 2.05) is 0 Å². The van der Waals surface area contributed by atoms with Crippen LogP contribution >= 0.6 is 11.8 Å². The van der Waals surface area contributed by atoms with Gasteiger partial charge in [0.1, 0.15) is 5.75 Å². The maximum atomic E-state index is 5.48. The molecule has 0 heterocycles. The van der Waals surface area contributed by atoms with Gasteiger partial charge < -0.3 is 4.74 Å². The molecule has 0 spiro atoms. The Labute approximate surface area is 152 Å². The predicted octanol–water partition coefficient (Wildman–Crippen LogP) is 7.25. The lowest BCUT2D eigenvalue weighted by atomic mass is 10.0. The summed E-state index contributed by atoms with van der Waals surface area (Å²) in [6.07, 6.45) is 14.4. The fourth-order valence-electron chi connectivity index (χ4n) is 3.24. The van der Waals surface area contributed by atoms with E-state index in [1.165, 1.54) is 79.0 Å². The SMILES string of the molecule is CCCCCCCCCCc1ccc2cc(OC)c(SC)cc2c1. The summed E-state index contributed by atoms with van der Waals surface area (Å²) >= 11 is 1.75. The van der Waals surface area contributed by atoms with Gasteiger partial charge >= 0.3 is 0 Å². The predicted molar refractivity (Wildman–Crippen MR) is 109 cm³/mol. The first-order valence-electron chi connectivity index (χ1n) is 9.43. The Bertz CT molecular complexity index is 621. The maximum absolute atomic E-state index is 5.48. The Hall–Kier alpha value is -1.15. The highest BCUT2D eigenvalue weighted by Crippen LogP contribution is 2.32. The van der Waals surface area contributed by atoms with E-state index in [2.05, 4.69) is 43.5 Å². The smallest absolute Gasteiger partial charge is 0.133 e. The molecule has 0 amide bonds. The number of thioether (sulfide) groups is 1. The van der Waals surface area contributed by atoms with Gasteiger partial charge in [0.25, 0.3) is 0 Å². The fraction of sp³-hybridized carbons (Fsp3) is 0.545. The van der Waals surface area contributed by atoms with E-state index < -0.39 is 0 Å². The molecule has 1 nitrogen and oxygen atoms in total. The molecule has 0 aliphatic carbocycles. The third-order valence-electron chi connectivity index (χ3n) is 4.73. The van der Waals surface area contributed by atoms with Gasteiger partial charge in [0.05, 0.1) is 7.11 Å². The molecule has 132 valence electrons. The first-order valence-corrected chi connectivity index (χ1v) is 10.7. The molecule has 2 rings (SSSR count). The van der Waals surface area contributed by atoms with Crippen LogP contribution in [-0.2, 0) is 6.42 Å². The van der Waals surface area contributed by atoms with E-state index in [0.717, 1.165) is 5.75 Å². The zero-order valence-electron chi connectivity index (χ0n) is 15.6. The van der Waals surface area contributed by atoms with Crippen molar-refractivity contribution in [1.29, 1.82) is 0 Å². The van der Waals surface area contributed by atoms with E-state index in [9.17, 15) is 0 Å². The molecule has 0 N–H and O–H groups in total. The zero-order valence-corrected chi connectivity index (χ0v) is 16.4. The number of methoxy groups -OCH3 is 1. The molecular weight excluding hydrogens is 312 g/mol. The lowest BCUT2D eigenvalue weighted by Gasteiger charge is -2.10. The van der Waals surface area contributed by atoms with Crippen LogP contribution in [0.2, 0.25) is 0 Å². The molecule has 2 heteroatoms. The minimum absolute atomic E-state index is 0.978. The van der Waals surface area contributed by atoms with Gasteiger partial charge in [-0.05, 0) is 47.6 Å². The van der Waals surface area contributed by atoms with Gasteiger partial charge in [-0.1, -0.05) is 70.1 Å². The largest absolute Gasteiger partial charge is 0.496 e. The number of aryl methyl sites for hydroxylation is 1. The van der Waals surface area contributed by atoms with Crippen LogP contribution in [0.3, 0.4) is 0 Å². The highest BCUT2D eigenvalue weighted by atomic mass is 32.2. The Kier molecular flexibility index (Phi) is 8.52. The van der Waals surface area contributed by atoms with Crippen molar-refractivity contribution in [2.75, 3.05) is 13.4 Å². The summed E-state index contributed by atoms with van der Waals surface area (Å²) in [4.78, 5) is 1.22. The van der Waals surface area contributed by atoms with Crippen LogP contribution in [0.5, 0.6) is 5.75 Å². The summed E-state index contributed by atoms with van der Waals surface area (Å²) in [5, 5.41) is 2.60. The number of unbranched alkanes of at least 4 members (excludes halogenated alkanes) is 7. The second kappa shape index (κ2) is 10.7. The summed E-state index contributed by atoms with van der Waals surface area (Å²) in [5.74, 6) is 0.978. The van der Waals surface area contributed by atoms with Crippen LogP contribution < -0.4 is 4.74 Å². The van der Waals surface area contributed by atoms with Gasteiger partial charge in [0, 0.05) is 4.90 Å². The molecule has 2 aromatic carbocycles. The van der Waals surface area contributed by atoms with Gasteiger partial charge in [0.15, 0.2) is 0 Å². The fourth-order valence-corrected chi connectivity index (χ4v) is 3.83. The molecule has 0 radical (unpaired) electrons. The molecule has 0 unspecified atom stereocenters. The molecule has 0 aliphatic heterocycles. The molecule has 0 aliphatic rings. The first-order chi connectivity index (χ1) is 11.8. The molecule has 0 aromatic heterocycles. The average Bonchev–Trinajstić information content (AvgIpc) is 2.62. The number of hydrogen-bond acceptors (Lipinski definition) is 2. The second-order valence-corrected chi connectivity index (χ2v) is 7.46. The number of rotatable bonds is 11. The van der Waals surface area contributed by atoms with Crippen LogP contribution in [0, 0.1) is 0 Å². The molecule has 0 atom stereocenters. The first kappa shape index (κ1) is 19.2. The third-order valence-corrected chi connectivity index (χ3v) is 5.48. The summed E-state index contributed by atoms with van der Waals surface area (Å²) in [7, 11) is 1.75. The second-order valence-electron chi connectivity index (χ2n) is 6.61. The summed E-state index contributed by atoms with van der Waals surface area (Å²) < 4.78 is 5.48. The van der Waals surface area contributed by atoms with E-state index in [4.69, 9.17) is 4.74 Å². The zero-order chi connectivity index (χ0) is 17.2. The summed E-state index contributed by atoms with van der Waals surface area (Å²) in [5.41, 5.74) is 1.46. The van der Waals surface area contributed by atoms with E-state index >= 15 is 0 Å². The van der Waals surface area contributed by atoms with Crippen molar-refractivity contribution in [3.8, 4) is 5.75 Å². The minimum atomic E-state index is 0.978. The van der Waals surface area contributed by atoms with Crippen molar-refractivity contribution < 1.29 is 4.74 Å². The monoisotopic (exact) mass is 344 g/mol. The molecule has 0 saturated heterocycles. The van der Waals surface area contributed by atoms with E-state index in [1.54, 1.807) is 18.9 Å². The summed E-state index contributed by atoms with van der Waals surface area (Å²) in [6.45, 7) is 2.28. The quantitative estimate of drug-likeness (QED) is 0.313. The standard InChI is InChI=1S/C22H32OS/c1-4-5-6-7-8-9-10-11-12-18-13-14-19-16-21(23-2)22(24-3)17-20(19)15-18/h13-17H,4-12H2,1-3H3. The van der Waals surface area contributed by atoms with Crippen molar-refractivity contribution in [2.45, 2.75) is 69.6 Å². The van der Waals surface area contributed by atoms with Crippen LogP contribution in [0.25, 0.3) is 10.8 Å². The topological polar surface area (TPSA) is 9.23 Å². The number of fused-ring (bicyclic) bond motifs is 1. The van der Waals surface area contributed by atoms with Crippen molar-refractivity contribution in [2.24, 2.45) is 0 Å². The average molecular weight is 345 g/mol. The molecule has 24 heavy (non-hydrogen) atoms. The van der Waals surface area contributed by atoms with Crippen LogP contribution in [-0.4, -0.2) is 13.4 Å². The van der Waals surface area contributed by atoms with E-state index in [0.29, 0.717) is 0 Å². The van der Waals surface area contributed by atoms with Crippen LogP contribution in [0.4, 0.5) is 0 Å². The van der Waals surface area contributed by atoms with Crippen LogP contribution in [0.15, 0.2) is 35.2 Å². The molecule has 0 fully saturated rings. The Morgan fingerprint density at radius 1 is 0.833 bits per heavy atom. The summed E-state index contributed by atoms with van der Waals surface area (Å²) in [6, 6.07) is 11.3. The van der Waals surface area contributed by atoms with Gasteiger partial charge in [-0.15, -0.1) is 11.8 Å². The van der Waals surface area contributed by atoms with Crippen molar-refractivity contribution in [3.05, 3.63) is 35.9 Å². The number of benzene rings is 2. The van der Waals surface area contributed by atoms with Crippen molar-refractivity contribution in [3.63, 3.8) is 0 Å². The molecule has 0 bridgehead atoms. The molecular formula is C22H32OS. The molecule has 2 aromatic rings. The third kappa shape index (κ3) is 5.73. The number of ether oxygens (including phenoxy) is 1. The van der Waals surface area contributed by atoms with Crippen LogP contribution in [0.1, 0.15) is 63.9 Å². The van der Waals surface area contributed by atoms with Gasteiger partial charge in [-0.3, -0.25) is 0 Å². The normalized spacial score (nSPS) is 11.1. The Balaban J connectivity index is 1.84. The van der Waals surface area contributed by atoms with Gasteiger partial charge in [-0.25, -0.2) is 0 Å². The highest BCUT2D eigenvalue weighted by molar-refractivity contribution is 7.98.